The summed E-state index contributed by atoms with van der Waals surface area (Å²) in [5.41, 5.74) is 0. The molecule has 3 N–H and O–H groups in total. The monoisotopic (exact) mass is 316 g/mol. The van der Waals surface area contributed by atoms with E-state index in [-0.39, 0.29) is 16.3 Å². The van der Waals surface area contributed by atoms with E-state index in [4.69, 9.17) is 9.56 Å². The Morgan fingerprint density at radius 3 is 2.35 bits per heavy atom. The molecule has 7 nitrogen and oxygen atoms in total. The number of sulfonamides is 2. The van der Waals surface area contributed by atoms with E-state index >= 15 is 0 Å². The maximum absolute atomic E-state index is 12.0. The Bertz CT molecular complexity index is 795. The van der Waals surface area contributed by atoms with Crippen LogP contribution in [0.5, 0.6) is 0 Å². The van der Waals surface area contributed by atoms with Crippen molar-refractivity contribution < 1.29 is 21.3 Å². The fourth-order valence-electron chi connectivity index (χ4n) is 1.48. The van der Waals surface area contributed by atoms with Crippen molar-refractivity contribution in [3.05, 3.63) is 48.4 Å². The number of primary sulfonamides is 1. The molecule has 0 amide bonds. The van der Waals surface area contributed by atoms with Crippen molar-refractivity contribution in [2.45, 2.75) is 16.3 Å². The Morgan fingerprint density at radius 1 is 1.05 bits per heavy atom. The van der Waals surface area contributed by atoms with E-state index in [2.05, 4.69) is 4.72 Å². The molecule has 9 heteroatoms. The average molecular weight is 316 g/mol. The van der Waals surface area contributed by atoms with Crippen molar-refractivity contribution in [2.24, 2.45) is 5.14 Å². The summed E-state index contributed by atoms with van der Waals surface area (Å²) in [7, 11) is -7.80. The molecule has 0 unspecified atom stereocenters. The summed E-state index contributed by atoms with van der Waals surface area (Å²) in [5.74, 6) is 0.441. The molecule has 0 saturated heterocycles. The molecule has 20 heavy (non-hydrogen) atoms. The highest BCUT2D eigenvalue weighted by Crippen LogP contribution is 2.15. The van der Waals surface area contributed by atoms with E-state index in [0.717, 1.165) is 6.07 Å². The van der Waals surface area contributed by atoms with Crippen LogP contribution in [-0.4, -0.2) is 16.8 Å². The summed E-state index contributed by atoms with van der Waals surface area (Å²) in [5, 5.41) is 4.96. The minimum atomic E-state index is -3.95. The maximum Gasteiger partial charge on any atom is 0.241 e. The number of benzene rings is 1. The van der Waals surface area contributed by atoms with Gasteiger partial charge in [0.1, 0.15) is 5.76 Å². The Balaban J connectivity index is 2.26. The quantitative estimate of drug-likeness (QED) is 0.827. The van der Waals surface area contributed by atoms with Gasteiger partial charge in [0.2, 0.25) is 20.0 Å². The van der Waals surface area contributed by atoms with Crippen LogP contribution in [0.3, 0.4) is 0 Å². The molecule has 2 rings (SSSR count). The molecule has 0 bridgehead atoms. The topological polar surface area (TPSA) is 119 Å². The summed E-state index contributed by atoms with van der Waals surface area (Å²) in [6.45, 7) is -0.0328. The van der Waals surface area contributed by atoms with Gasteiger partial charge in [-0.15, -0.1) is 0 Å². The van der Waals surface area contributed by atoms with Crippen LogP contribution in [0, 0.1) is 0 Å². The number of hydrogen-bond donors (Lipinski definition) is 2. The van der Waals surface area contributed by atoms with Crippen molar-refractivity contribution in [3.63, 3.8) is 0 Å². The van der Waals surface area contributed by atoms with Gasteiger partial charge in [-0.25, -0.2) is 26.7 Å². The van der Waals surface area contributed by atoms with E-state index in [9.17, 15) is 16.8 Å². The number of furan rings is 1. The summed E-state index contributed by atoms with van der Waals surface area (Å²) in [6.07, 6.45) is 1.42. The second-order valence-electron chi connectivity index (χ2n) is 3.92. The zero-order valence-electron chi connectivity index (χ0n) is 10.2. The molecule has 1 heterocycles. The fourth-order valence-corrected chi connectivity index (χ4v) is 3.15. The van der Waals surface area contributed by atoms with Gasteiger partial charge >= 0.3 is 0 Å². The number of hydrogen-bond acceptors (Lipinski definition) is 5. The highest BCUT2D eigenvalue weighted by atomic mass is 32.2. The Hall–Kier alpha value is -1.68. The normalized spacial score (nSPS) is 12.4. The van der Waals surface area contributed by atoms with Crippen molar-refractivity contribution in [1.29, 1.82) is 0 Å². The molecule has 0 spiro atoms. The van der Waals surface area contributed by atoms with Crippen molar-refractivity contribution in [3.8, 4) is 0 Å². The first-order valence-corrected chi connectivity index (χ1v) is 8.47. The molecule has 0 aliphatic carbocycles. The average Bonchev–Trinajstić information content (AvgIpc) is 2.89. The van der Waals surface area contributed by atoms with Crippen molar-refractivity contribution in [2.75, 3.05) is 0 Å². The minimum absolute atomic E-state index is 0.0328. The molecule has 0 aliphatic heterocycles. The van der Waals surface area contributed by atoms with E-state index in [1.54, 1.807) is 12.1 Å². The minimum Gasteiger partial charge on any atom is -0.468 e. The second-order valence-corrected chi connectivity index (χ2v) is 7.25. The summed E-state index contributed by atoms with van der Waals surface area (Å²) >= 11 is 0. The summed E-state index contributed by atoms with van der Waals surface area (Å²) < 4.78 is 53.7. The molecule has 1 aromatic carbocycles. The predicted octanol–water partition coefficient (Wildman–Crippen LogP) is 0.406. The van der Waals surface area contributed by atoms with E-state index < -0.39 is 20.0 Å². The molecular weight excluding hydrogens is 304 g/mol. The van der Waals surface area contributed by atoms with Crippen LogP contribution in [0.25, 0.3) is 0 Å². The molecule has 0 radical (unpaired) electrons. The zero-order valence-corrected chi connectivity index (χ0v) is 11.8. The Morgan fingerprint density at radius 2 is 1.75 bits per heavy atom. The van der Waals surface area contributed by atoms with Gasteiger partial charge in [0.05, 0.1) is 22.6 Å². The first-order valence-electron chi connectivity index (χ1n) is 5.44. The summed E-state index contributed by atoms with van der Waals surface area (Å²) in [4.78, 5) is -0.450. The number of nitrogens with one attached hydrogen (secondary N) is 1. The SMILES string of the molecule is NS(=O)(=O)c1cccc(S(=O)(=O)NCc2ccco2)c1. The number of rotatable bonds is 5. The molecule has 2 aromatic rings. The van der Waals surface area contributed by atoms with Gasteiger partial charge < -0.3 is 4.42 Å². The fraction of sp³-hybridized carbons (Fsp3) is 0.0909. The van der Waals surface area contributed by atoms with Gasteiger partial charge in [-0.1, -0.05) is 6.07 Å². The van der Waals surface area contributed by atoms with Gasteiger partial charge in [-0.05, 0) is 30.3 Å². The predicted molar refractivity (Wildman–Crippen MR) is 70.5 cm³/mol. The number of nitrogens with two attached hydrogens (primary N) is 1. The molecule has 0 saturated carbocycles. The molecule has 0 aliphatic rings. The van der Waals surface area contributed by atoms with Crippen LogP contribution in [0.2, 0.25) is 0 Å². The lowest BCUT2D eigenvalue weighted by atomic mass is 10.4. The van der Waals surface area contributed by atoms with Crippen LogP contribution in [0.15, 0.2) is 56.9 Å². The Kier molecular flexibility index (Phi) is 3.95. The zero-order chi connectivity index (χ0) is 14.8. The van der Waals surface area contributed by atoms with Crippen molar-refractivity contribution >= 4 is 20.0 Å². The smallest absolute Gasteiger partial charge is 0.241 e. The van der Waals surface area contributed by atoms with Gasteiger partial charge in [0.15, 0.2) is 0 Å². The van der Waals surface area contributed by atoms with Gasteiger partial charge in [0, 0.05) is 0 Å². The van der Waals surface area contributed by atoms with Crippen LogP contribution >= 0.6 is 0 Å². The van der Waals surface area contributed by atoms with Crippen LogP contribution in [0.1, 0.15) is 5.76 Å². The van der Waals surface area contributed by atoms with Gasteiger partial charge in [0.25, 0.3) is 0 Å². The van der Waals surface area contributed by atoms with Gasteiger partial charge in [-0.2, -0.15) is 0 Å². The van der Waals surface area contributed by atoms with E-state index in [0.29, 0.717) is 5.76 Å². The Labute approximate surface area is 116 Å². The van der Waals surface area contributed by atoms with Crippen LogP contribution in [-0.2, 0) is 26.6 Å². The highest BCUT2D eigenvalue weighted by molar-refractivity contribution is 7.90. The second kappa shape index (κ2) is 5.37. The first kappa shape index (κ1) is 14.7. The molecule has 1 aromatic heterocycles. The van der Waals surface area contributed by atoms with Gasteiger partial charge in [-0.3, -0.25) is 0 Å². The van der Waals surface area contributed by atoms with Crippen molar-refractivity contribution in [1.82, 2.24) is 4.72 Å². The third-order valence-electron chi connectivity index (χ3n) is 2.46. The summed E-state index contributed by atoms with van der Waals surface area (Å²) in [6, 6.07) is 8.05. The molecular formula is C11H12N2O5S2. The largest absolute Gasteiger partial charge is 0.468 e. The van der Waals surface area contributed by atoms with Crippen LogP contribution in [0.4, 0.5) is 0 Å². The lowest BCUT2D eigenvalue weighted by Gasteiger charge is -2.06. The maximum atomic E-state index is 12.0. The van der Waals surface area contributed by atoms with Crippen LogP contribution < -0.4 is 9.86 Å². The lowest BCUT2D eigenvalue weighted by molar-refractivity contribution is 0.498. The third kappa shape index (κ3) is 3.45. The molecule has 108 valence electrons. The lowest BCUT2D eigenvalue weighted by Crippen LogP contribution is -2.23. The van der Waals surface area contributed by atoms with E-state index in [1.807, 2.05) is 0 Å². The standard InChI is InChI=1S/C11H12N2O5S2/c12-19(14,15)10-4-1-5-11(7-10)20(16,17)13-8-9-3-2-6-18-9/h1-7,13H,8H2,(H2,12,14,15). The van der Waals surface area contributed by atoms with E-state index in [1.165, 1.54) is 24.5 Å². The molecule has 0 atom stereocenters. The first-order chi connectivity index (χ1) is 9.29. The third-order valence-corrected chi connectivity index (χ3v) is 4.77. The molecule has 0 fully saturated rings. The highest BCUT2D eigenvalue weighted by Gasteiger charge is 2.17.